The van der Waals surface area contributed by atoms with Crippen molar-refractivity contribution in [1.82, 2.24) is 15.2 Å². The number of nitrogens with one attached hydrogen (secondary N) is 2. The molecule has 3 aromatic rings. The summed E-state index contributed by atoms with van der Waals surface area (Å²) in [6.45, 7) is 0.612. The highest BCUT2D eigenvalue weighted by molar-refractivity contribution is 5.93. The first-order valence-corrected chi connectivity index (χ1v) is 11.4. The molecule has 7 nitrogen and oxygen atoms in total. The number of benzene rings is 1. The minimum absolute atomic E-state index is 0.0121. The zero-order valence-corrected chi connectivity index (χ0v) is 18.1. The Labute approximate surface area is 191 Å². The van der Waals surface area contributed by atoms with Crippen molar-refractivity contribution in [1.29, 1.82) is 0 Å². The molecule has 1 atom stereocenters. The Morgan fingerprint density at radius 3 is 3.00 bits per heavy atom. The predicted octanol–water partition coefficient (Wildman–Crippen LogP) is 4.93. The van der Waals surface area contributed by atoms with E-state index in [2.05, 4.69) is 44.8 Å². The number of hydrogen-bond acceptors (Lipinski definition) is 5. The van der Waals surface area contributed by atoms with Crippen molar-refractivity contribution in [2.75, 3.05) is 11.9 Å². The number of ether oxygens (including phenoxy) is 2. The molecule has 1 amide bonds. The molecule has 0 bridgehead atoms. The molecule has 2 aliphatic heterocycles. The molecule has 0 radical (unpaired) electrons. The van der Waals surface area contributed by atoms with E-state index in [0.717, 1.165) is 59.0 Å². The minimum Gasteiger partial charge on any atom is -0.493 e. The number of pyridine rings is 1. The van der Waals surface area contributed by atoms with Gasteiger partial charge >= 0.3 is 0 Å². The van der Waals surface area contributed by atoms with Crippen molar-refractivity contribution in [3.8, 4) is 17.2 Å². The zero-order chi connectivity index (χ0) is 22.2. The first-order chi connectivity index (χ1) is 16.2. The number of H-pyrrole nitrogens is 1. The number of amides is 1. The van der Waals surface area contributed by atoms with Crippen LogP contribution in [0.4, 0.5) is 5.82 Å². The lowest BCUT2D eigenvalue weighted by Gasteiger charge is -2.25. The molecule has 2 aromatic heterocycles. The third kappa shape index (κ3) is 3.91. The number of nitrogens with zero attached hydrogens (tertiary/aromatic N) is 2. The number of allylic oxidation sites excluding steroid dienone is 4. The highest BCUT2D eigenvalue weighted by Crippen LogP contribution is 2.38. The average molecular weight is 441 g/mol. The second-order valence-corrected chi connectivity index (χ2v) is 8.62. The fraction of sp³-hybridized carbons (Fsp3) is 0.269. The smallest absolute Gasteiger partial charge is 0.225 e. The number of aromatic nitrogens is 3. The van der Waals surface area contributed by atoms with Gasteiger partial charge < -0.3 is 14.8 Å². The van der Waals surface area contributed by atoms with E-state index in [1.807, 2.05) is 24.3 Å². The summed E-state index contributed by atoms with van der Waals surface area (Å²) in [5.74, 6) is 3.13. The Kier molecular flexibility index (Phi) is 4.94. The van der Waals surface area contributed by atoms with E-state index in [4.69, 9.17) is 9.47 Å². The monoisotopic (exact) mass is 440 g/mol. The van der Waals surface area contributed by atoms with Crippen LogP contribution < -0.4 is 14.8 Å². The zero-order valence-electron chi connectivity index (χ0n) is 18.1. The Morgan fingerprint density at radius 1 is 1.12 bits per heavy atom. The van der Waals surface area contributed by atoms with E-state index >= 15 is 0 Å². The van der Waals surface area contributed by atoms with Crippen LogP contribution in [0.2, 0.25) is 0 Å². The lowest BCUT2D eigenvalue weighted by Crippen LogP contribution is -2.20. The van der Waals surface area contributed by atoms with Crippen LogP contribution in [0.3, 0.4) is 0 Å². The predicted molar refractivity (Wildman–Crippen MR) is 125 cm³/mol. The number of aromatic amines is 1. The number of carbonyl (C=O) groups excluding carboxylic acids is 1. The van der Waals surface area contributed by atoms with Crippen molar-refractivity contribution in [2.24, 2.45) is 0 Å². The molecule has 0 saturated heterocycles. The van der Waals surface area contributed by atoms with E-state index in [9.17, 15) is 4.79 Å². The maximum absolute atomic E-state index is 11.7. The molecule has 166 valence electrons. The van der Waals surface area contributed by atoms with Crippen molar-refractivity contribution in [3.63, 3.8) is 0 Å². The largest absolute Gasteiger partial charge is 0.493 e. The average Bonchev–Trinajstić information content (AvgIpc) is 3.35. The lowest BCUT2D eigenvalue weighted by atomic mass is 9.93. The fourth-order valence-electron chi connectivity index (χ4n) is 4.61. The van der Waals surface area contributed by atoms with Crippen LogP contribution in [0.25, 0.3) is 5.57 Å². The van der Waals surface area contributed by atoms with Gasteiger partial charge in [-0.05, 0) is 67.2 Å². The lowest BCUT2D eigenvalue weighted by molar-refractivity contribution is -0.116. The SMILES string of the molecule is O=C1CCc2c(Oc3ccc4c(c3)CC(c3cc(C5=CCCC=C5)n[nH]3)CO4)ccnc2N1. The van der Waals surface area contributed by atoms with Crippen molar-refractivity contribution in [2.45, 2.75) is 38.0 Å². The summed E-state index contributed by atoms with van der Waals surface area (Å²) in [7, 11) is 0. The van der Waals surface area contributed by atoms with E-state index in [1.165, 1.54) is 5.57 Å². The van der Waals surface area contributed by atoms with Gasteiger partial charge in [0.05, 0.1) is 12.3 Å². The van der Waals surface area contributed by atoms with E-state index in [-0.39, 0.29) is 11.8 Å². The summed E-state index contributed by atoms with van der Waals surface area (Å²) in [6, 6.07) is 9.91. The summed E-state index contributed by atoms with van der Waals surface area (Å²) in [4.78, 5) is 15.9. The number of fused-ring (bicyclic) bond motifs is 2. The van der Waals surface area contributed by atoms with Gasteiger partial charge in [0.2, 0.25) is 5.91 Å². The van der Waals surface area contributed by atoms with Crippen LogP contribution in [0.1, 0.15) is 47.7 Å². The van der Waals surface area contributed by atoms with Crippen LogP contribution in [-0.2, 0) is 17.6 Å². The first kappa shape index (κ1) is 19.8. The summed E-state index contributed by atoms with van der Waals surface area (Å²) in [6.07, 6.45) is 12.3. The molecular formula is C26H24N4O3. The van der Waals surface area contributed by atoms with Gasteiger partial charge in [-0.3, -0.25) is 9.89 Å². The summed E-state index contributed by atoms with van der Waals surface area (Å²) < 4.78 is 12.3. The summed E-state index contributed by atoms with van der Waals surface area (Å²) in [5.41, 5.74) is 5.28. The van der Waals surface area contributed by atoms with Crippen LogP contribution in [0.5, 0.6) is 17.2 Å². The molecule has 0 saturated carbocycles. The second-order valence-electron chi connectivity index (χ2n) is 8.62. The molecule has 6 rings (SSSR count). The quantitative estimate of drug-likeness (QED) is 0.600. The molecule has 1 unspecified atom stereocenters. The topological polar surface area (TPSA) is 89.1 Å². The molecular weight excluding hydrogens is 416 g/mol. The molecule has 4 heterocycles. The van der Waals surface area contributed by atoms with Crippen LogP contribution in [-0.4, -0.2) is 27.7 Å². The van der Waals surface area contributed by atoms with Gasteiger partial charge in [0.1, 0.15) is 23.1 Å². The summed E-state index contributed by atoms with van der Waals surface area (Å²) >= 11 is 0. The van der Waals surface area contributed by atoms with Gasteiger partial charge in [-0.2, -0.15) is 5.10 Å². The molecule has 1 aromatic carbocycles. The van der Waals surface area contributed by atoms with Crippen LogP contribution in [0.15, 0.2) is 54.8 Å². The minimum atomic E-state index is -0.0121. The van der Waals surface area contributed by atoms with Gasteiger partial charge in [0, 0.05) is 29.8 Å². The molecule has 3 aliphatic rings. The Bertz CT molecular complexity index is 1290. The maximum atomic E-state index is 11.7. The molecule has 0 spiro atoms. The number of rotatable bonds is 4. The highest BCUT2D eigenvalue weighted by atomic mass is 16.5. The van der Waals surface area contributed by atoms with E-state index in [1.54, 1.807) is 6.20 Å². The third-order valence-electron chi connectivity index (χ3n) is 6.37. The van der Waals surface area contributed by atoms with Gasteiger partial charge in [0.25, 0.3) is 0 Å². The Hall–Kier alpha value is -3.87. The number of carbonyl (C=O) groups is 1. The molecule has 1 aliphatic carbocycles. The van der Waals surface area contributed by atoms with Crippen LogP contribution in [0, 0.1) is 0 Å². The van der Waals surface area contributed by atoms with Crippen molar-refractivity contribution >= 4 is 17.3 Å². The Balaban J connectivity index is 1.22. The standard InChI is InChI=1S/C26H24N4O3/c31-25-9-7-20-24(10-11-27-26(20)28-25)33-19-6-8-23-17(13-19)12-18(15-32-23)22-14-21(29-30-22)16-4-2-1-3-5-16/h2,4-6,8,10-11,13-14,18H,1,3,7,9,12,15H2,(H,29,30)(H,27,28,31). The third-order valence-corrected chi connectivity index (χ3v) is 6.37. The maximum Gasteiger partial charge on any atom is 0.225 e. The van der Waals surface area contributed by atoms with E-state index in [0.29, 0.717) is 25.3 Å². The fourth-order valence-corrected chi connectivity index (χ4v) is 4.61. The van der Waals surface area contributed by atoms with Crippen molar-refractivity contribution < 1.29 is 14.3 Å². The highest BCUT2D eigenvalue weighted by Gasteiger charge is 2.25. The van der Waals surface area contributed by atoms with Crippen molar-refractivity contribution in [3.05, 3.63) is 77.3 Å². The molecule has 7 heteroatoms. The summed E-state index contributed by atoms with van der Waals surface area (Å²) in [5, 5.41) is 10.6. The molecule has 33 heavy (non-hydrogen) atoms. The van der Waals surface area contributed by atoms with Gasteiger partial charge in [-0.15, -0.1) is 0 Å². The van der Waals surface area contributed by atoms with Gasteiger partial charge in [-0.1, -0.05) is 18.2 Å². The van der Waals surface area contributed by atoms with E-state index < -0.39 is 0 Å². The molecule has 0 fully saturated rings. The normalized spacial score (nSPS) is 19.1. The Morgan fingerprint density at radius 2 is 2.09 bits per heavy atom. The second kappa shape index (κ2) is 8.24. The first-order valence-electron chi connectivity index (χ1n) is 11.4. The molecule has 2 N–H and O–H groups in total. The number of anilines is 1. The number of hydrogen-bond donors (Lipinski definition) is 2. The van der Waals surface area contributed by atoms with Crippen LogP contribution >= 0.6 is 0 Å². The van der Waals surface area contributed by atoms with Gasteiger partial charge in [0.15, 0.2) is 0 Å². The van der Waals surface area contributed by atoms with Gasteiger partial charge in [-0.25, -0.2) is 4.98 Å².